The van der Waals surface area contributed by atoms with Crippen LogP contribution in [0.5, 0.6) is 5.75 Å². The maximum absolute atomic E-state index is 5.81. The van der Waals surface area contributed by atoms with Gasteiger partial charge in [-0.2, -0.15) is 0 Å². The number of rotatable bonds is 8. The van der Waals surface area contributed by atoms with Crippen LogP contribution in [0.2, 0.25) is 0 Å². The van der Waals surface area contributed by atoms with Gasteiger partial charge in [-0.25, -0.2) is 0 Å². The molecule has 114 valence electrons. The van der Waals surface area contributed by atoms with Gasteiger partial charge in [0.25, 0.3) is 0 Å². The molecule has 2 rings (SSSR count). The molecule has 0 saturated carbocycles. The van der Waals surface area contributed by atoms with Gasteiger partial charge in [-0.15, -0.1) is 0 Å². The van der Waals surface area contributed by atoms with E-state index in [9.17, 15) is 0 Å². The first-order chi connectivity index (χ1) is 10.2. The van der Waals surface area contributed by atoms with Crippen LogP contribution in [0, 0.1) is 0 Å². The second kappa shape index (κ2) is 7.89. The molecular weight excluding hydrogens is 262 g/mol. The second-order valence-electron chi connectivity index (χ2n) is 5.61. The van der Waals surface area contributed by atoms with Crippen LogP contribution in [0.25, 0.3) is 0 Å². The van der Waals surface area contributed by atoms with Gasteiger partial charge in [0.15, 0.2) is 0 Å². The van der Waals surface area contributed by atoms with Crippen LogP contribution in [0.1, 0.15) is 50.0 Å². The van der Waals surface area contributed by atoms with Crippen molar-refractivity contribution >= 4 is 0 Å². The summed E-state index contributed by atoms with van der Waals surface area (Å²) in [5.41, 5.74) is 2.45. The lowest BCUT2D eigenvalue weighted by Gasteiger charge is -2.08. The van der Waals surface area contributed by atoms with E-state index in [0.29, 0.717) is 12.5 Å². The Morgan fingerprint density at radius 1 is 1.24 bits per heavy atom. The Balaban J connectivity index is 1.86. The second-order valence-corrected chi connectivity index (χ2v) is 5.61. The van der Waals surface area contributed by atoms with Crippen molar-refractivity contribution in [1.29, 1.82) is 0 Å². The molecule has 1 aromatic heterocycles. The van der Waals surface area contributed by atoms with Gasteiger partial charge in [0, 0.05) is 12.1 Å². The lowest BCUT2D eigenvalue weighted by Crippen LogP contribution is -2.13. The number of hydrogen-bond donors (Lipinski definition) is 1. The minimum Gasteiger partial charge on any atom is -0.486 e. The van der Waals surface area contributed by atoms with Crippen molar-refractivity contribution in [3.8, 4) is 5.75 Å². The van der Waals surface area contributed by atoms with E-state index in [0.717, 1.165) is 36.6 Å². The van der Waals surface area contributed by atoms with Gasteiger partial charge < -0.3 is 14.5 Å². The van der Waals surface area contributed by atoms with Gasteiger partial charge in [-0.1, -0.05) is 32.9 Å². The summed E-state index contributed by atoms with van der Waals surface area (Å²) in [5, 5.41) is 3.36. The molecule has 1 aromatic carbocycles. The molecular formula is C18H25NO2. The SMILES string of the molecule is CCCNCc1coc(COc2cccc(C(C)C)c2)c1. The van der Waals surface area contributed by atoms with Crippen LogP contribution in [-0.2, 0) is 13.2 Å². The molecule has 0 amide bonds. The monoisotopic (exact) mass is 287 g/mol. The van der Waals surface area contributed by atoms with E-state index in [-0.39, 0.29) is 0 Å². The minimum atomic E-state index is 0.468. The summed E-state index contributed by atoms with van der Waals surface area (Å²) in [6.07, 6.45) is 2.94. The first-order valence-electron chi connectivity index (χ1n) is 7.68. The van der Waals surface area contributed by atoms with Crippen LogP contribution >= 0.6 is 0 Å². The Morgan fingerprint density at radius 3 is 2.86 bits per heavy atom. The topological polar surface area (TPSA) is 34.4 Å². The highest BCUT2D eigenvalue weighted by atomic mass is 16.5. The summed E-state index contributed by atoms with van der Waals surface area (Å²) in [6.45, 7) is 8.86. The molecule has 0 aliphatic carbocycles. The van der Waals surface area contributed by atoms with Crippen LogP contribution in [0.4, 0.5) is 0 Å². The zero-order chi connectivity index (χ0) is 15.1. The third-order valence-corrected chi connectivity index (χ3v) is 3.37. The van der Waals surface area contributed by atoms with E-state index in [1.165, 1.54) is 5.56 Å². The van der Waals surface area contributed by atoms with Crippen molar-refractivity contribution in [2.75, 3.05) is 6.54 Å². The summed E-state index contributed by atoms with van der Waals surface area (Å²) < 4.78 is 11.3. The van der Waals surface area contributed by atoms with E-state index in [1.807, 2.05) is 12.1 Å². The number of hydrogen-bond acceptors (Lipinski definition) is 3. The summed E-state index contributed by atoms with van der Waals surface area (Å²) >= 11 is 0. The fraction of sp³-hybridized carbons (Fsp3) is 0.444. The molecule has 1 heterocycles. The Labute approximate surface area is 127 Å². The van der Waals surface area contributed by atoms with Gasteiger partial charge in [-0.3, -0.25) is 0 Å². The number of ether oxygens (including phenoxy) is 1. The average molecular weight is 287 g/mol. The molecule has 1 N–H and O–H groups in total. The molecule has 0 aliphatic rings. The van der Waals surface area contributed by atoms with Crippen molar-refractivity contribution < 1.29 is 9.15 Å². The lowest BCUT2D eigenvalue weighted by molar-refractivity contribution is 0.270. The molecule has 2 aromatic rings. The third-order valence-electron chi connectivity index (χ3n) is 3.37. The van der Waals surface area contributed by atoms with Crippen molar-refractivity contribution in [3.05, 3.63) is 53.5 Å². The normalized spacial score (nSPS) is 11.0. The fourth-order valence-electron chi connectivity index (χ4n) is 2.12. The molecule has 0 unspecified atom stereocenters. The number of nitrogens with one attached hydrogen (secondary N) is 1. The predicted molar refractivity (Wildman–Crippen MR) is 85.6 cm³/mol. The van der Waals surface area contributed by atoms with Crippen molar-refractivity contribution in [3.63, 3.8) is 0 Å². The highest BCUT2D eigenvalue weighted by Gasteiger charge is 2.04. The van der Waals surface area contributed by atoms with Crippen molar-refractivity contribution in [1.82, 2.24) is 5.32 Å². The van der Waals surface area contributed by atoms with Gasteiger partial charge in [0.05, 0.1) is 6.26 Å². The van der Waals surface area contributed by atoms with Crippen LogP contribution in [0.3, 0.4) is 0 Å². The van der Waals surface area contributed by atoms with E-state index in [1.54, 1.807) is 6.26 Å². The van der Waals surface area contributed by atoms with E-state index >= 15 is 0 Å². The molecule has 0 bridgehead atoms. The van der Waals surface area contributed by atoms with Crippen LogP contribution < -0.4 is 10.1 Å². The summed E-state index contributed by atoms with van der Waals surface area (Å²) in [7, 11) is 0. The molecule has 0 atom stereocenters. The molecule has 0 spiro atoms. The quantitative estimate of drug-likeness (QED) is 0.727. The van der Waals surface area contributed by atoms with E-state index in [4.69, 9.17) is 9.15 Å². The van der Waals surface area contributed by atoms with E-state index < -0.39 is 0 Å². The predicted octanol–water partition coefficient (Wildman–Crippen LogP) is 4.48. The van der Waals surface area contributed by atoms with Gasteiger partial charge in [0.2, 0.25) is 0 Å². The molecule has 3 heteroatoms. The lowest BCUT2D eigenvalue weighted by atomic mass is 10.0. The van der Waals surface area contributed by atoms with Gasteiger partial charge in [0.1, 0.15) is 18.1 Å². The first kappa shape index (κ1) is 15.6. The first-order valence-corrected chi connectivity index (χ1v) is 7.68. The summed E-state index contributed by atoms with van der Waals surface area (Å²) in [5.74, 6) is 2.26. The molecule has 3 nitrogen and oxygen atoms in total. The van der Waals surface area contributed by atoms with Crippen LogP contribution in [-0.4, -0.2) is 6.54 Å². The van der Waals surface area contributed by atoms with E-state index in [2.05, 4.69) is 44.3 Å². The summed E-state index contributed by atoms with van der Waals surface area (Å²) in [6, 6.07) is 10.3. The van der Waals surface area contributed by atoms with Gasteiger partial charge in [-0.05, 0) is 42.6 Å². The molecule has 0 radical (unpaired) electrons. The zero-order valence-electron chi connectivity index (χ0n) is 13.2. The fourth-order valence-corrected chi connectivity index (χ4v) is 2.12. The highest BCUT2D eigenvalue weighted by molar-refractivity contribution is 5.30. The molecule has 0 aliphatic heterocycles. The number of benzene rings is 1. The zero-order valence-corrected chi connectivity index (χ0v) is 13.2. The molecule has 21 heavy (non-hydrogen) atoms. The van der Waals surface area contributed by atoms with Crippen LogP contribution in [0.15, 0.2) is 41.0 Å². The smallest absolute Gasteiger partial charge is 0.146 e. The number of furan rings is 1. The molecule has 0 fully saturated rings. The highest BCUT2D eigenvalue weighted by Crippen LogP contribution is 2.21. The Kier molecular flexibility index (Phi) is 5.88. The third kappa shape index (κ3) is 4.94. The maximum atomic E-state index is 5.81. The van der Waals surface area contributed by atoms with Gasteiger partial charge >= 0.3 is 0 Å². The Hall–Kier alpha value is -1.74. The Bertz CT molecular complexity index is 546. The maximum Gasteiger partial charge on any atom is 0.146 e. The van der Waals surface area contributed by atoms with Crippen molar-refractivity contribution in [2.24, 2.45) is 0 Å². The Morgan fingerprint density at radius 2 is 2.10 bits per heavy atom. The summed E-state index contributed by atoms with van der Waals surface area (Å²) in [4.78, 5) is 0. The minimum absolute atomic E-state index is 0.468. The standard InChI is InChI=1S/C18H25NO2/c1-4-8-19-11-15-9-18(20-12-15)13-21-17-7-5-6-16(10-17)14(2)3/h5-7,9-10,12,14,19H,4,8,11,13H2,1-3H3. The largest absolute Gasteiger partial charge is 0.486 e. The average Bonchev–Trinajstić information content (AvgIpc) is 2.94. The van der Waals surface area contributed by atoms with Crippen molar-refractivity contribution in [2.45, 2.75) is 46.3 Å². The molecule has 0 saturated heterocycles.